The van der Waals surface area contributed by atoms with E-state index in [1.165, 1.54) is 0 Å². The molecule has 124 valence electrons. The van der Waals surface area contributed by atoms with E-state index < -0.39 is 0 Å². The molecule has 0 bridgehead atoms. The number of nitrogens with zero attached hydrogens (tertiary/aromatic N) is 2. The van der Waals surface area contributed by atoms with Gasteiger partial charge >= 0.3 is 0 Å². The topological polar surface area (TPSA) is 49.9 Å². The molecule has 2 saturated heterocycles. The molecule has 5 nitrogen and oxygen atoms in total. The molecule has 0 aromatic heterocycles. The van der Waals surface area contributed by atoms with E-state index in [1.807, 2.05) is 41.8 Å². The van der Waals surface area contributed by atoms with Crippen molar-refractivity contribution >= 4 is 29.3 Å². The number of hydrogen-bond acceptors (Lipinski definition) is 4. The number of benzene rings is 1. The van der Waals surface area contributed by atoms with Crippen molar-refractivity contribution < 1.29 is 14.3 Å². The third-order valence-electron chi connectivity index (χ3n) is 4.42. The van der Waals surface area contributed by atoms with Crippen LogP contribution in [0, 0.1) is 12.8 Å². The van der Waals surface area contributed by atoms with Crippen molar-refractivity contribution in [2.75, 3.05) is 43.1 Å². The number of thioether (sulfide) groups is 1. The van der Waals surface area contributed by atoms with Gasteiger partial charge < -0.3 is 14.5 Å². The summed E-state index contributed by atoms with van der Waals surface area (Å²) in [6, 6.07) is 5.77. The van der Waals surface area contributed by atoms with Gasteiger partial charge in [-0.1, -0.05) is 6.07 Å². The van der Waals surface area contributed by atoms with Crippen molar-refractivity contribution in [1.82, 2.24) is 4.90 Å². The average molecular weight is 334 g/mol. The maximum Gasteiger partial charge on any atom is 0.228 e. The molecule has 23 heavy (non-hydrogen) atoms. The normalized spacial score (nSPS) is 21.7. The molecule has 0 N–H and O–H groups in total. The number of hydrogen-bond donors (Lipinski definition) is 0. The van der Waals surface area contributed by atoms with Crippen molar-refractivity contribution in [3.8, 4) is 5.75 Å². The number of methoxy groups -OCH3 is 1. The van der Waals surface area contributed by atoms with Crippen LogP contribution >= 0.6 is 11.8 Å². The van der Waals surface area contributed by atoms with Crippen molar-refractivity contribution in [1.29, 1.82) is 0 Å². The molecule has 0 unspecified atom stereocenters. The number of carbonyl (C=O) groups excluding carboxylic acids is 2. The van der Waals surface area contributed by atoms with Gasteiger partial charge in [-0.15, -0.1) is 0 Å². The maximum absolute atomic E-state index is 12.7. The fourth-order valence-corrected chi connectivity index (χ4v) is 4.06. The lowest BCUT2D eigenvalue weighted by Gasteiger charge is -2.28. The van der Waals surface area contributed by atoms with Crippen molar-refractivity contribution in [3.05, 3.63) is 23.8 Å². The van der Waals surface area contributed by atoms with Crippen molar-refractivity contribution in [2.45, 2.75) is 13.3 Å². The highest BCUT2D eigenvalue weighted by atomic mass is 32.2. The van der Waals surface area contributed by atoms with Gasteiger partial charge in [0, 0.05) is 37.6 Å². The molecule has 1 aromatic carbocycles. The van der Waals surface area contributed by atoms with E-state index in [1.54, 1.807) is 12.0 Å². The molecule has 2 amide bonds. The maximum atomic E-state index is 12.7. The second-order valence-electron chi connectivity index (χ2n) is 6.02. The summed E-state index contributed by atoms with van der Waals surface area (Å²) in [6.07, 6.45) is 0.291. The zero-order valence-electron chi connectivity index (χ0n) is 13.6. The Kier molecular flexibility index (Phi) is 4.80. The minimum absolute atomic E-state index is 0.00126. The molecule has 0 saturated carbocycles. The van der Waals surface area contributed by atoms with E-state index in [0.717, 1.165) is 35.8 Å². The van der Waals surface area contributed by atoms with Crippen LogP contribution in [0.2, 0.25) is 0 Å². The summed E-state index contributed by atoms with van der Waals surface area (Å²) in [5.41, 5.74) is 1.83. The lowest BCUT2D eigenvalue weighted by atomic mass is 10.1. The van der Waals surface area contributed by atoms with E-state index in [0.29, 0.717) is 18.7 Å². The first kappa shape index (κ1) is 16.2. The Bertz CT molecular complexity index is 614. The number of carbonyl (C=O) groups is 2. The number of anilines is 1. The minimum atomic E-state index is -0.240. The number of amides is 2. The molecule has 0 radical (unpaired) electrons. The van der Waals surface area contributed by atoms with E-state index in [2.05, 4.69) is 0 Å². The predicted molar refractivity (Wildman–Crippen MR) is 92.1 cm³/mol. The van der Waals surface area contributed by atoms with Crippen LogP contribution in [-0.4, -0.2) is 55.0 Å². The highest BCUT2D eigenvalue weighted by molar-refractivity contribution is 7.99. The van der Waals surface area contributed by atoms with Gasteiger partial charge in [-0.05, 0) is 24.6 Å². The molecule has 3 rings (SSSR count). The molecule has 2 aliphatic heterocycles. The predicted octanol–water partition coefficient (Wildman–Crippen LogP) is 1.93. The molecule has 0 spiro atoms. The number of ether oxygens (including phenoxy) is 1. The summed E-state index contributed by atoms with van der Waals surface area (Å²) < 4.78 is 5.38. The first-order valence-electron chi connectivity index (χ1n) is 7.91. The van der Waals surface area contributed by atoms with Gasteiger partial charge in [-0.2, -0.15) is 11.8 Å². The van der Waals surface area contributed by atoms with E-state index in [-0.39, 0.29) is 17.7 Å². The lowest BCUT2D eigenvalue weighted by Crippen LogP contribution is -2.42. The Labute approximate surface area is 141 Å². The average Bonchev–Trinajstić information content (AvgIpc) is 2.96. The third-order valence-corrected chi connectivity index (χ3v) is 5.36. The molecule has 1 aromatic rings. The molecular weight excluding hydrogens is 312 g/mol. The van der Waals surface area contributed by atoms with E-state index in [9.17, 15) is 9.59 Å². The van der Waals surface area contributed by atoms with Crippen LogP contribution in [0.4, 0.5) is 5.69 Å². The summed E-state index contributed by atoms with van der Waals surface area (Å²) >= 11 is 1.88. The van der Waals surface area contributed by atoms with Crippen LogP contribution in [0.1, 0.15) is 12.0 Å². The van der Waals surface area contributed by atoms with Gasteiger partial charge in [0.2, 0.25) is 11.8 Å². The van der Waals surface area contributed by atoms with Crippen LogP contribution in [0.25, 0.3) is 0 Å². The standard InChI is InChI=1S/C17H22N2O3S/c1-12-3-4-15(22-2)14(9-12)19-11-13(10-16(19)20)17(21)18-5-7-23-8-6-18/h3-4,9,13H,5-8,10-11H2,1-2H3/t13-/m0/s1. The molecule has 2 heterocycles. The summed E-state index contributed by atoms with van der Waals surface area (Å²) in [5.74, 6) is 2.53. The summed E-state index contributed by atoms with van der Waals surface area (Å²) in [5, 5.41) is 0. The van der Waals surface area contributed by atoms with Gasteiger partial charge in [0.1, 0.15) is 5.75 Å². The lowest BCUT2D eigenvalue weighted by molar-refractivity contribution is -0.135. The molecule has 2 aliphatic rings. The zero-order valence-corrected chi connectivity index (χ0v) is 14.4. The summed E-state index contributed by atoms with van der Waals surface area (Å²) in [7, 11) is 1.60. The Morgan fingerprint density at radius 3 is 2.74 bits per heavy atom. The van der Waals surface area contributed by atoms with Crippen LogP contribution < -0.4 is 9.64 Å². The quantitative estimate of drug-likeness (QED) is 0.847. The van der Waals surface area contributed by atoms with E-state index in [4.69, 9.17) is 4.74 Å². The monoisotopic (exact) mass is 334 g/mol. The Morgan fingerprint density at radius 1 is 1.30 bits per heavy atom. The zero-order chi connectivity index (χ0) is 16.4. The molecule has 2 fully saturated rings. The van der Waals surface area contributed by atoms with Crippen LogP contribution in [-0.2, 0) is 9.59 Å². The van der Waals surface area contributed by atoms with Gasteiger partial charge in [0.15, 0.2) is 0 Å². The largest absolute Gasteiger partial charge is 0.495 e. The van der Waals surface area contributed by atoms with Gasteiger partial charge in [0.25, 0.3) is 0 Å². The highest BCUT2D eigenvalue weighted by Gasteiger charge is 2.38. The Morgan fingerprint density at radius 2 is 2.04 bits per heavy atom. The first-order chi connectivity index (χ1) is 11.1. The Balaban J connectivity index is 1.77. The van der Waals surface area contributed by atoms with Crippen LogP contribution in [0.3, 0.4) is 0 Å². The second kappa shape index (κ2) is 6.83. The molecular formula is C17H22N2O3S. The van der Waals surface area contributed by atoms with Gasteiger partial charge in [0.05, 0.1) is 18.7 Å². The van der Waals surface area contributed by atoms with Crippen molar-refractivity contribution in [3.63, 3.8) is 0 Å². The smallest absolute Gasteiger partial charge is 0.228 e. The minimum Gasteiger partial charge on any atom is -0.495 e. The highest BCUT2D eigenvalue weighted by Crippen LogP contribution is 2.34. The van der Waals surface area contributed by atoms with Gasteiger partial charge in [-0.25, -0.2) is 0 Å². The van der Waals surface area contributed by atoms with Crippen LogP contribution in [0.15, 0.2) is 18.2 Å². The Hall–Kier alpha value is -1.69. The molecule has 6 heteroatoms. The summed E-state index contributed by atoms with van der Waals surface area (Å²) in [4.78, 5) is 28.7. The van der Waals surface area contributed by atoms with E-state index >= 15 is 0 Å². The molecule has 1 atom stereocenters. The number of aryl methyl sites for hydroxylation is 1. The fourth-order valence-electron chi connectivity index (χ4n) is 3.16. The van der Waals surface area contributed by atoms with Crippen LogP contribution in [0.5, 0.6) is 5.75 Å². The number of rotatable bonds is 3. The summed E-state index contributed by atoms with van der Waals surface area (Å²) in [6.45, 7) is 4.02. The first-order valence-corrected chi connectivity index (χ1v) is 9.07. The second-order valence-corrected chi connectivity index (χ2v) is 7.24. The van der Waals surface area contributed by atoms with Crippen molar-refractivity contribution in [2.24, 2.45) is 5.92 Å². The SMILES string of the molecule is COc1ccc(C)cc1N1C[C@@H](C(=O)N2CCSCC2)CC1=O. The molecule has 0 aliphatic carbocycles. The van der Waals surface area contributed by atoms with Gasteiger partial charge in [-0.3, -0.25) is 9.59 Å². The third kappa shape index (κ3) is 3.32. The fraction of sp³-hybridized carbons (Fsp3) is 0.529.